The van der Waals surface area contributed by atoms with Gasteiger partial charge in [0.05, 0.1) is 22.5 Å². The molecule has 1 aliphatic carbocycles. The maximum atomic E-state index is 12.3. The van der Waals surface area contributed by atoms with E-state index in [4.69, 9.17) is 11.6 Å². The highest BCUT2D eigenvalue weighted by Crippen LogP contribution is 2.40. The molecule has 1 aromatic rings. The number of amides is 2. The Morgan fingerprint density at radius 1 is 1.21 bits per heavy atom. The molecule has 2 amide bonds. The van der Waals surface area contributed by atoms with Crippen molar-refractivity contribution in [2.75, 3.05) is 32.5 Å². The normalized spacial score (nSPS) is 19.2. The Bertz CT molecular complexity index is 608. The molecule has 2 unspecified atom stereocenters. The first-order valence-corrected chi connectivity index (χ1v) is 8.67. The lowest BCUT2D eigenvalue weighted by molar-refractivity contribution is -0.125. The van der Waals surface area contributed by atoms with Gasteiger partial charge in [-0.05, 0) is 64.5 Å². The molecule has 0 aliphatic heterocycles. The van der Waals surface area contributed by atoms with Gasteiger partial charge in [-0.15, -0.1) is 0 Å². The SMILES string of the molecule is Cc1cc(C)c(NC(=O)C2CC2C(=O)NCCCN(C)C)c(Cl)c1. The van der Waals surface area contributed by atoms with Gasteiger partial charge in [0.25, 0.3) is 0 Å². The van der Waals surface area contributed by atoms with Crippen LogP contribution in [0.25, 0.3) is 0 Å². The minimum absolute atomic E-state index is 0.0272. The maximum Gasteiger partial charge on any atom is 0.228 e. The lowest BCUT2D eigenvalue weighted by atomic mass is 10.1. The number of rotatable bonds is 7. The lowest BCUT2D eigenvalue weighted by Crippen LogP contribution is -2.30. The second-order valence-electron chi connectivity index (χ2n) is 6.82. The van der Waals surface area contributed by atoms with E-state index in [0.29, 0.717) is 23.7 Å². The standard InChI is InChI=1S/C18H26ClN3O2/c1-11-8-12(2)16(15(19)9-11)21-18(24)14-10-13(14)17(23)20-6-5-7-22(3)4/h8-9,13-14H,5-7,10H2,1-4H3,(H,20,23)(H,21,24). The highest BCUT2D eigenvalue weighted by atomic mass is 35.5. The summed E-state index contributed by atoms with van der Waals surface area (Å²) in [6.07, 6.45) is 1.51. The van der Waals surface area contributed by atoms with Crippen molar-refractivity contribution in [2.24, 2.45) is 11.8 Å². The minimum Gasteiger partial charge on any atom is -0.356 e. The molecule has 0 bridgehead atoms. The van der Waals surface area contributed by atoms with Crippen molar-refractivity contribution in [3.8, 4) is 0 Å². The molecule has 2 rings (SSSR count). The van der Waals surface area contributed by atoms with Crippen molar-refractivity contribution in [3.05, 3.63) is 28.3 Å². The summed E-state index contributed by atoms with van der Waals surface area (Å²) in [6, 6.07) is 3.80. The summed E-state index contributed by atoms with van der Waals surface area (Å²) < 4.78 is 0. The number of hydrogen-bond acceptors (Lipinski definition) is 3. The third-order valence-corrected chi connectivity index (χ3v) is 4.52. The van der Waals surface area contributed by atoms with E-state index in [0.717, 1.165) is 24.1 Å². The van der Waals surface area contributed by atoms with Crippen LogP contribution < -0.4 is 10.6 Å². The van der Waals surface area contributed by atoms with Crippen LogP contribution in [-0.4, -0.2) is 43.9 Å². The summed E-state index contributed by atoms with van der Waals surface area (Å²) >= 11 is 6.21. The second-order valence-corrected chi connectivity index (χ2v) is 7.23. The third kappa shape index (κ3) is 4.95. The summed E-state index contributed by atoms with van der Waals surface area (Å²) in [7, 11) is 4.00. The van der Waals surface area contributed by atoms with E-state index >= 15 is 0 Å². The van der Waals surface area contributed by atoms with E-state index < -0.39 is 0 Å². The molecule has 1 aliphatic rings. The summed E-state index contributed by atoms with van der Waals surface area (Å²) in [4.78, 5) is 26.5. The fourth-order valence-corrected chi connectivity index (χ4v) is 3.17. The van der Waals surface area contributed by atoms with E-state index in [1.807, 2.05) is 40.1 Å². The van der Waals surface area contributed by atoms with E-state index in [1.54, 1.807) is 0 Å². The third-order valence-electron chi connectivity index (χ3n) is 4.23. The van der Waals surface area contributed by atoms with Crippen LogP contribution in [0.1, 0.15) is 24.0 Å². The molecule has 2 atom stereocenters. The number of nitrogens with zero attached hydrogens (tertiary/aromatic N) is 1. The monoisotopic (exact) mass is 351 g/mol. The Balaban J connectivity index is 1.82. The van der Waals surface area contributed by atoms with Gasteiger partial charge in [0.1, 0.15) is 0 Å². The Morgan fingerprint density at radius 2 is 1.88 bits per heavy atom. The van der Waals surface area contributed by atoms with Crippen molar-refractivity contribution in [3.63, 3.8) is 0 Å². The minimum atomic E-state index is -0.254. The van der Waals surface area contributed by atoms with Gasteiger partial charge in [-0.2, -0.15) is 0 Å². The van der Waals surface area contributed by atoms with Crippen LogP contribution in [0.2, 0.25) is 5.02 Å². The highest BCUT2D eigenvalue weighted by Gasteiger charge is 2.48. The summed E-state index contributed by atoms with van der Waals surface area (Å²) in [6.45, 7) is 5.45. The number of anilines is 1. The van der Waals surface area contributed by atoms with Crippen molar-refractivity contribution < 1.29 is 9.59 Å². The summed E-state index contributed by atoms with van der Waals surface area (Å²) in [5.41, 5.74) is 2.62. The van der Waals surface area contributed by atoms with Crippen LogP contribution in [-0.2, 0) is 9.59 Å². The summed E-state index contributed by atoms with van der Waals surface area (Å²) in [5.74, 6) is -0.623. The van der Waals surface area contributed by atoms with E-state index in [-0.39, 0.29) is 23.7 Å². The molecule has 24 heavy (non-hydrogen) atoms. The number of benzene rings is 1. The molecular weight excluding hydrogens is 326 g/mol. The predicted octanol–water partition coefficient (Wildman–Crippen LogP) is 2.60. The first-order valence-electron chi connectivity index (χ1n) is 8.29. The zero-order valence-electron chi connectivity index (χ0n) is 14.8. The van der Waals surface area contributed by atoms with Gasteiger partial charge in [-0.3, -0.25) is 9.59 Å². The molecule has 1 saturated carbocycles. The fourth-order valence-electron chi connectivity index (χ4n) is 2.80. The van der Waals surface area contributed by atoms with E-state index in [9.17, 15) is 9.59 Å². The van der Waals surface area contributed by atoms with Gasteiger partial charge < -0.3 is 15.5 Å². The number of carbonyl (C=O) groups is 2. The maximum absolute atomic E-state index is 12.3. The number of hydrogen-bond donors (Lipinski definition) is 2. The average molecular weight is 352 g/mol. The smallest absolute Gasteiger partial charge is 0.228 e. The Labute approximate surface area is 148 Å². The average Bonchev–Trinajstić information content (AvgIpc) is 3.27. The Hall–Kier alpha value is -1.59. The molecule has 2 N–H and O–H groups in total. The molecule has 6 heteroatoms. The Kier molecular flexibility index (Phi) is 6.24. The highest BCUT2D eigenvalue weighted by molar-refractivity contribution is 6.34. The fraction of sp³-hybridized carbons (Fsp3) is 0.556. The van der Waals surface area contributed by atoms with E-state index in [1.165, 1.54) is 0 Å². The van der Waals surface area contributed by atoms with Crippen LogP contribution in [0.4, 0.5) is 5.69 Å². The van der Waals surface area contributed by atoms with Crippen molar-refractivity contribution in [1.29, 1.82) is 0 Å². The molecule has 1 aromatic carbocycles. The van der Waals surface area contributed by atoms with Crippen molar-refractivity contribution in [1.82, 2.24) is 10.2 Å². The first kappa shape index (κ1) is 18.7. The van der Waals surface area contributed by atoms with Crippen molar-refractivity contribution >= 4 is 29.1 Å². The van der Waals surface area contributed by atoms with Crippen LogP contribution in [0, 0.1) is 25.7 Å². The Morgan fingerprint density at radius 3 is 2.50 bits per heavy atom. The van der Waals surface area contributed by atoms with Gasteiger partial charge >= 0.3 is 0 Å². The zero-order chi connectivity index (χ0) is 17.9. The van der Waals surface area contributed by atoms with Crippen molar-refractivity contribution in [2.45, 2.75) is 26.7 Å². The predicted molar refractivity (Wildman–Crippen MR) is 97.3 cm³/mol. The van der Waals surface area contributed by atoms with Gasteiger partial charge in [-0.25, -0.2) is 0 Å². The molecule has 0 aromatic heterocycles. The number of carbonyl (C=O) groups excluding carboxylic acids is 2. The lowest BCUT2D eigenvalue weighted by Gasteiger charge is -2.12. The second kappa shape index (κ2) is 7.99. The molecule has 0 radical (unpaired) electrons. The molecule has 1 fully saturated rings. The van der Waals surface area contributed by atoms with Crippen LogP contribution in [0.3, 0.4) is 0 Å². The zero-order valence-corrected chi connectivity index (χ0v) is 15.5. The van der Waals surface area contributed by atoms with Crippen LogP contribution in [0.5, 0.6) is 0 Å². The van der Waals surface area contributed by atoms with Gasteiger partial charge in [0.2, 0.25) is 11.8 Å². The van der Waals surface area contributed by atoms with Crippen LogP contribution >= 0.6 is 11.6 Å². The molecule has 0 spiro atoms. The number of halogens is 1. The van der Waals surface area contributed by atoms with Gasteiger partial charge in [0.15, 0.2) is 0 Å². The molecule has 0 heterocycles. The first-order chi connectivity index (χ1) is 11.3. The molecule has 5 nitrogen and oxygen atoms in total. The quantitative estimate of drug-likeness (QED) is 0.742. The molecular formula is C18H26ClN3O2. The number of aryl methyl sites for hydroxylation is 2. The van der Waals surface area contributed by atoms with E-state index in [2.05, 4.69) is 15.5 Å². The topological polar surface area (TPSA) is 61.4 Å². The summed E-state index contributed by atoms with van der Waals surface area (Å²) in [5, 5.41) is 6.32. The van der Waals surface area contributed by atoms with Gasteiger partial charge in [-0.1, -0.05) is 17.7 Å². The number of nitrogens with one attached hydrogen (secondary N) is 2. The van der Waals surface area contributed by atoms with Gasteiger partial charge in [0, 0.05) is 6.54 Å². The molecule has 0 saturated heterocycles. The molecule has 132 valence electrons. The largest absolute Gasteiger partial charge is 0.356 e. The van der Waals surface area contributed by atoms with Crippen LogP contribution in [0.15, 0.2) is 12.1 Å².